The predicted octanol–water partition coefficient (Wildman–Crippen LogP) is 5.29. The van der Waals surface area contributed by atoms with Crippen LogP contribution in [0.25, 0.3) is 10.6 Å². The van der Waals surface area contributed by atoms with Gasteiger partial charge in [0.15, 0.2) is 11.5 Å². The summed E-state index contributed by atoms with van der Waals surface area (Å²) in [5, 5.41) is 5.48. The van der Waals surface area contributed by atoms with Crippen LogP contribution in [0.4, 0.5) is 0 Å². The lowest BCUT2D eigenvalue weighted by Crippen LogP contribution is -2.26. The molecule has 1 unspecified atom stereocenters. The van der Waals surface area contributed by atoms with Gasteiger partial charge in [0.1, 0.15) is 23.1 Å². The largest absolute Gasteiger partial charge is 0.496 e. The zero-order valence-corrected chi connectivity index (χ0v) is 20.0. The number of pyridine rings is 1. The van der Waals surface area contributed by atoms with E-state index in [2.05, 4.69) is 15.3 Å². The predicted molar refractivity (Wildman–Crippen MR) is 132 cm³/mol. The maximum Gasteiger partial charge on any atom is 0.271 e. The maximum atomic E-state index is 12.8. The van der Waals surface area contributed by atoms with Gasteiger partial charge >= 0.3 is 0 Å². The van der Waals surface area contributed by atoms with Gasteiger partial charge in [0.05, 0.1) is 25.8 Å². The van der Waals surface area contributed by atoms with Crippen LogP contribution < -0.4 is 19.5 Å². The van der Waals surface area contributed by atoms with Gasteiger partial charge in [-0.1, -0.05) is 18.2 Å². The first-order valence-corrected chi connectivity index (χ1v) is 11.6. The van der Waals surface area contributed by atoms with E-state index in [9.17, 15) is 4.79 Å². The first-order valence-electron chi connectivity index (χ1n) is 10.7. The van der Waals surface area contributed by atoms with Crippen molar-refractivity contribution in [3.8, 4) is 27.8 Å². The monoisotopic (exact) mass is 475 g/mol. The third-order valence-electron chi connectivity index (χ3n) is 5.25. The summed E-state index contributed by atoms with van der Waals surface area (Å²) < 4.78 is 16.8. The van der Waals surface area contributed by atoms with Gasteiger partial charge in [-0.05, 0) is 54.4 Å². The maximum absolute atomic E-state index is 12.8. The van der Waals surface area contributed by atoms with E-state index in [0.717, 1.165) is 27.4 Å². The Morgan fingerprint density at radius 1 is 1.00 bits per heavy atom. The number of methoxy groups -OCH3 is 2. The second-order valence-electron chi connectivity index (χ2n) is 7.49. The van der Waals surface area contributed by atoms with Crippen molar-refractivity contribution in [3.63, 3.8) is 0 Å². The third kappa shape index (κ3) is 5.35. The number of amides is 1. The highest BCUT2D eigenvalue weighted by Gasteiger charge is 2.18. The minimum atomic E-state index is -0.257. The number of nitrogens with zero attached hydrogens (tertiary/aromatic N) is 2. The lowest BCUT2D eigenvalue weighted by atomic mass is 10.1. The average Bonchev–Trinajstić information content (AvgIpc) is 3.38. The van der Waals surface area contributed by atoms with Crippen molar-refractivity contribution in [2.45, 2.75) is 19.6 Å². The lowest BCUT2D eigenvalue weighted by molar-refractivity contribution is 0.0935. The average molecular weight is 476 g/mol. The van der Waals surface area contributed by atoms with Gasteiger partial charge < -0.3 is 19.5 Å². The summed E-state index contributed by atoms with van der Waals surface area (Å²) in [5.41, 5.74) is 3.12. The summed E-state index contributed by atoms with van der Waals surface area (Å²) in [6.45, 7) is 2.32. The van der Waals surface area contributed by atoms with Crippen molar-refractivity contribution in [3.05, 3.63) is 89.2 Å². The Kier molecular flexibility index (Phi) is 7.39. The Bertz CT molecular complexity index is 1260. The summed E-state index contributed by atoms with van der Waals surface area (Å²) in [6.07, 6.45) is 3.45. The molecule has 0 saturated heterocycles. The topological polar surface area (TPSA) is 82.6 Å². The van der Waals surface area contributed by atoms with Crippen molar-refractivity contribution in [2.75, 3.05) is 14.2 Å². The molecule has 0 aliphatic carbocycles. The molecule has 1 atom stereocenters. The van der Waals surface area contributed by atoms with E-state index in [1.165, 1.54) is 11.3 Å². The van der Waals surface area contributed by atoms with Crippen LogP contribution >= 0.6 is 11.3 Å². The van der Waals surface area contributed by atoms with Gasteiger partial charge in [0.25, 0.3) is 5.91 Å². The fourth-order valence-corrected chi connectivity index (χ4v) is 4.22. The molecule has 2 aromatic carbocycles. The van der Waals surface area contributed by atoms with Crippen LogP contribution in [-0.4, -0.2) is 30.1 Å². The molecule has 0 bridgehead atoms. The molecule has 1 amide bonds. The molecule has 1 N–H and O–H groups in total. The number of aromatic nitrogens is 2. The summed E-state index contributed by atoms with van der Waals surface area (Å²) in [4.78, 5) is 21.4. The molecule has 0 saturated carbocycles. The molecule has 4 rings (SSSR count). The molecule has 2 aromatic heterocycles. The summed E-state index contributed by atoms with van der Waals surface area (Å²) in [6, 6.07) is 16.8. The number of thiazole rings is 1. The highest BCUT2D eigenvalue weighted by atomic mass is 32.1. The first kappa shape index (κ1) is 23.3. The van der Waals surface area contributed by atoms with Crippen molar-refractivity contribution in [1.29, 1.82) is 0 Å². The van der Waals surface area contributed by atoms with Gasteiger partial charge in [0, 0.05) is 17.8 Å². The Hall–Kier alpha value is -3.91. The normalized spacial score (nSPS) is 11.5. The zero-order chi connectivity index (χ0) is 23.9. The highest BCUT2D eigenvalue weighted by Crippen LogP contribution is 2.33. The molecule has 0 fully saturated rings. The number of hydrogen-bond acceptors (Lipinski definition) is 7. The van der Waals surface area contributed by atoms with E-state index >= 15 is 0 Å². The number of hydrogen-bond donors (Lipinski definition) is 1. The van der Waals surface area contributed by atoms with E-state index in [1.54, 1.807) is 32.0 Å². The number of carbonyl (C=O) groups excluding carboxylic acids is 1. The Morgan fingerprint density at radius 2 is 1.76 bits per heavy atom. The molecule has 0 aliphatic heterocycles. The van der Waals surface area contributed by atoms with Crippen LogP contribution in [0.3, 0.4) is 0 Å². The van der Waals surface area contributed by atoms with Crippen LogP contribution in [0.15, 0.2) is 72.4 Å². The SMILES string of the molecule is COc1cc(C(C)NC(=O)c2csc(-c3ccccc3OC)n2)ccc1OCc1ccncc1. The van der Waals surface area contributed by atoms with Crippen molar-refractivity contribution < 1.29 is 19.0 Å². The molecule has 0 radical (unpaired) electrons. The van der Waals surface area contributed by atoms with E-state index in [1.807, 2.05) is 61.5 Å². The molecule has 34 heavy (non-hydrogen) atoms. The first-order chi connectivity index (χ1) is 16.6. The van der Waals surface area contributed by atoms with Crippen molar-refractivity contribution >= 4 is 17.2 Å². The van der Waals surface area contributed by atoms with E-state index < -0.39 is 0 Å². The molecule has 4 aromatic rings. The van der Waals surface area contributed by atoms with Crippen molar-refractivity contribution in [2.24, 2.45) is 0 Å². The molecule has 0 aliphatic rings. The van der Waals surface area contributed by atoms with Crippen LogP contribution in [0, 0.1) is 0 Å². The van der Waals surface area contributed by atoms with Crippen molar-refractivity contribution in [1.82, 2.24) is 15.3 Å². The van der Waals surface area contributed by atoms with Crippen LogP contribution in [0.5, 0.6) is 17.2 Å². The van der Waals surface area contributed by atoms with E-state index in [-0.39, 0.29) is 11.9 Å². The number of para-hydroxylation sites is 1. The van der Waals surface area contributed by atoms with Gasteiger partial charge in [-0.15, -0.1) is 11.3 Å². The lowest BCUT2D eigenvalue weighted by Gasteiger charge is -2.17. The number of benzene rings is 2. The summed E-state index contributed by atoms with van der Waals surface area (Å²) in [7, 11) is 3.21. The van der Waals surface area contributed by atoms with Crippen LogP contribution in [0.2, 0.25) is 0 Å². The van der Waals surface area contributed by atoms with E-state index in [0.29, 0.717) is 23.8 Å². The second kappa shape index (κ2) is 10.8. The fraction of sp³-hybridized carbons (Fsp3) is 0.192. The van der Waals surface area contributed by atoms with E-state index in [4.69, 9.17) is 14.2 Å². The van der Waals surface area contributed by atoms with Crippen LogP contribution in [0.1, 0.15) is 34.6 Å². The molecule has 2 heterocycles. The van der Waals surface area contributed by atoms with Gasteiger partial charge in [-0.2, -0.15) is 0 Å². The standard InChI is InChI=1S/C26H25N3O4S/c1-17(19-8-9-23(24(14-19)32-3)33-15-18-10-12-27-13-11-18)28-25(30)21-16-34-26(29-21)20-6-4-5-7-22(20)31-2/h4-14,16-17H,15H2,1-3H3,(H,28,30). The quantitative estimate of drug-likeness (QED) is 0.354. The summed E-state index contributed by atoms with van der Waals surface area (Å²) in [5.74, 6) is 1.69. The molecule has 7 nitrogen and oxygen atoms in total. The van der Waals surface area contributed by atoms with Gasteiger partial charge in [-0.25, -0.2) is 4.98 Å². The number of ether oxygens (including phenoxy) is 3. The molecular weight excluding hydrogens is 450 g/mol. The Labute approximate surface area is 202 Å². The molecule has 0 spiro atoms. The van der Waals surface area contributed by atoms with Crippen LogP contribution in [-0.2, 0) is 6.61 Å². The highest BCUT2D eigenvalue weighted by molar-refractivity contribution is 7.13. The minimum absolute atomic E-state index is 0.248. The zero-order valence-electron chi connectivity index (χ0n) is 19.1. The third-order valence-corrected chi connectivity index (χ3v) is 6.13. The Balaban J connectivity index is 1.43. The Morgan fingerprint density at radius 3 is 2.53 bits per heavy atom. The summed E-state index contributed by atoms with van der Waals surface area (Å²) >= 11 is 1.40. The molecular formula is C26H25N3O4S. The smallest absolute Gasteiger partial charge is 0.271 e. The molecule has 174 valence electrons. The fourth-order valence-electron chi connectivity index (χ4n) is 3.39. The van der Waals surface area contributed by atoms with Gasteiger partial charge in [-0.3, -0.25) is 9.78 Å². The second-order valence-corrected chi connectivity index (χ2v) is 8.35. The number of carbonyl (C=O) groups is 1. The number of nitrogens with one attached hydrogen (secondary N) is 1. The van der Waals surface area contributed by atoms with Gasteiger partial charge in [0.2, 0.25) is 0 Å². The molecule has 8 heteroatoms. The minimum Gasteiger partial charge on any atom is -0.496 e. The number of rotatable bonds is 9.